The van der Waals surface area contributed by atoms with Crippen molar-refractivity contribution in [2.75, 3.05) is 0 Å². The van der Waals surface area contributed by atoms with E-state index in [9.17, 15) is 14.4 Å². The second kappa shape index (κ2) is 8.65. The summed E-state index contributed by atoms with van der Waals surface area (Å²) in [4.78, 5) is 35.9. The first-order valence-electron chi connectivity index (χ1n) is 7.24. The molecule has 0 aliphatic rings. The zero-order valence-electron chi connectivity index (χ0n) is 12.9. The van der Waals surface area contributed by atoms with Crippen molar-refractivity contribution >= 4 is 40.6 Å². The second-order valence-electron chi connectivity index (χ2n) is 4.96. The highest BCUT2D eigenvalue weighted by molar-refractivity contribution is 7.18. The molecule has 1 N–H and O–H groups in total. The van der Waals surface area contributed by atoms with Crippen LogP contribution in [0.25, 0.3) is 0 Å². The Hall–Kier alpha value is -2.12. The van der Waals surface area contributed by atoms with Crippen molar-refractivity contribution in [1.29, 1.82) is 0 Å². The molecule has 0 radical (unpaired) electrons. The number of carbonyl (C=O) groups is 3. The molecular weight excluding hydrogens is 354 g/mol. The molecule has 6 nitrogen and oxygen atoms in total. The Morgan fingerprint density at radius 2 is 2.08 bits per heavy atom. The van der Waals surface area contributed by atoms with E-state index in [-0.39, 0.29) is 25.2 Å². The average molecular weight is 370 g/mol. The minimum atomic E-state index is -0.946. The van der Waals surface area contributed by atoms with Gasteiger partial charge in [-0.15, -0.1) is 11.3 Å². The first-order chi connectivity index (χ1) is 11.5. The van der Waals surface area contributed by atoms with Crippen molar-refractivity contribution < 1.29 is 23.5 Å². The third-order valence-electron chi connectivity index (χ3n) is 3.10. The van der Waals surface area contributed by atoms with Gasteiger partial charge in [-0.05, 0) is 31.2 Å². The van der Waals surface area contributed by atoms with Gasteiger partial charge in [0.1, 0.15) is 5.76 Å². The van der Waals surface area contributed by atoms with Gasteiger partial charge in [0, 0.05) is 6.42 Å². The van der Waals surface area contributed by atoms with Crippen LogP contribution < -0.4 is 5.32 Å². The van der Waals surface area contributed by atoms with Crippen LogP contribution in [-0.2, 0) is 20.9 Å². The van der Waals surface area contributed by atoms with E-state index in [4.69, 9.17) is 20.8 Å². The standard InChI is InChI=1S/C16H16ClNO5S/c1-10(16(21)18-9-11-3-2-8-22-11)23-15(20)7-4-12(19)13-5-6-14(17)24-13/h2-3,5-6,8,10H,4,7,9H2,1H3,(H,18,21)/t10-/m1/s1. The summed E-state index contributed by atoms with van der Waals surface area (Å²) in [7, 11) is 0. The normalized spacial score (nSPS) is 11.8. The molecule has 0 aliphatic carbocycles. The third-order valence-corrected chi connectivity index (χ3v) is 4.37. The van der Waals surface area contributed by atoms with E-state index in [1.165, 1.54) is 13.2 Å². The van der Waals surface area contributed by atoms with Crippen LogP contribution in [0.3, 0.4) is 0 Å². The summed E-state index contributed by atoms with van der Waals surface area (Å²) in [5.41, 5.74) is 0. The lowest BCUT2D eigenvalue weighted by Gasteiger charge is -2.12. The minimum Gasteiger partial charge on any atom is -0.467 e. The molecular formula is C16H16ClNO5S. The first kappa shape index (κ1) is 18.2. The van der Waals surface area contributed by atoms with Crippen molar-refractivity contribution in [3.63, 3.8) is 0 Å². The summed E-state index contributed by atoms with van der Waals surface area (Å²) in [5, 5.41) is 2.59. The maximum atomic E-state index is 11.9. The Bertz CT molecular complexity index is 710. The molecule has 0 saturated carbocycles. The molecule has 1 atom stereocenters. The van der Waals surface area contributed by atoms with Gasteiger partial charge in [0.2, 0.25) is 0 Å². The Morgan fingerprint density at radius 1 is 1.29 bits per heavy atom. The molecule has 0 fully saturated rings. The van der Waals surface area contributed by atoms with Crippen LogP contribution in [0.1, 0.15) is 35.2 Å². The number of carbonyl (C=O) groups excluding carboxylic acids is 3. The fourth-order valence-corrected chi connectivity index (χ4v) is 2.85. The van der Waals surface area contributed by atoms with Crippen molar-refractivity contribution in [2.24, 2.45) is 0 Å². The molecule has 1 amide bonds. The highest BCUT2D eigenvalue weighted by Crippen LogP contribution is 2.23. The zero-order chi connectivity index (χ0) is 17.5. The van der Waals surface area contributed by atoms with Gasteiger partial charge in [-0.3, -0.25) is 14.4 Å². The van der Waals surface area contributed by atoms with E-state index < -0.39 is 18.0 Å². The Balaban J connectivity index is 1.70. The quantitative estimate of drug-likeness (QED) is 0.570. The lowest BCUT2D eigenvalue weighted by molar-refractivity contribution is -0.154. The summed E-state index contributed by atoms with van der Waals surface area (Å²) in [5.74, 6) is -0.622. The van der Waals surface area contributed by atoms with E-state index in [0.717, 1.165) is 11.3 Å². The maximum Gasteiger partial charge on any atom is 0.307 e. The summed E-state index contributed by atoms with van der Waals surface area (Å²) in [6.07, 6.45) is 0.474. The van der Waals surface area contributed by atoms with Crippen LogP contribution in [0.4, 0.5) is 0 Å². The fraction of sp³-hybridized carbons (Fsp3) is 0.312. The Kier molecular flexibility index (Phi) is 6.57. The van der Waals surface area contributed by atoms with Crippen LogP contribution in [0, 0.1) is 0 Å². The van der Waals surface area contributed by atoms with E-state index in [0.29, 0.717) is 15.0 Å². The van der Waals surface area contributed by atoms with Crippen molar-refractivity contribution in [2.45, 2.75) is 32.4 Å². The number of esters is 1. The smallest absolute Gasteiger partial charge is 0.307 e. The van der Waals surface area contributed by atoms with Gasteiger partial charge < -0.3 is 14.5 Å². The molecule has 24 heavy (non-hydrogen) atoms. The predicted molar refractivity (Wildman–Crippen MR) is 89.0 cm³/mol. The largest absolute Gasteiger partial charge is 0.467 e. The van der Waals surface area contributed by atoms with Gasteiger partial charge in [-0.1, -0.05) is 11.6 Å². The second-order valence-corrected chi connectivity index (χ2v) is 6.67. The molecule has 0 spiro atoms. The molecule has 128 valence electrons. The molecule has 2 rings (SSSR count). The van der Waals surface area contributed by atoms with Gasteiger partial charge >= 0.3 is 5.97 Å². The average Bonchev–Trinajstić information content (AvgIpc) is 3.21. The molecule has 2 aromatic rings. The monoisotopic (exact) mass is 369 g/mol. The topological polar surface area (TPSA) is 85.6 Å². The highest BCUT2D eigenvalue weighted by Gasteiger charge is 2.19. The number of amides is 1. The first-order valence-corrected chi connectivity index (χ1v) is 8.43. The maximum absolute atomic E-state index is 11.9. The van der Waals surface area contributed by atoms with Gasteiger partial charge in [-0.25, -0.2) is 0 Å². The van der Waals surface area contributed by atoms with Crippen LogP contribution in [0.2, 0.25) is 4.34 Å². The molecule has 0 bridgehead atoms. The Labute approximate surface area is 147 Å². The molecule has 2 aromatic heterocycles. The van der Waals surface area contributed by atoms with E-state index in [1.807, 2.05) is 0 Å². The molecule has 0 unspecified atom stereocenters. The minimum absolute atomic E-state index is 0.0103. The highest BCUT2D eigenvalue weighted by atomic mass is 35.5. The summed E-state index contributed by atoms with van der Waals surface area (Å²) < 4.78 is 10.6. The van der Waals surface area contributed by atoms with Crippen molar-refractivity contribution in [1.82, 2.24) is 5.32 Å². The lowest BCUT2D eigenvalue weighted by Crippen LogP contribution is -2.35. The predicted octanol–water partition coefficient (Wildman–Crippen LogP) is 3.21. The van der Waals surface area contributed by atoms with E-state index in [2.05, 4.69) is 5.32 Å². The number of rotatable bonds is 8. The molecule has 2 heterocycles. The van der Waals surface area contributed by atoms with Gasteiger partial charge in [-0.2, -0.15) is 0 Å². The van der Waals surface area contributed by atoms with Crippen LogP contribution >= 0.6 is 22.9 Å². The molecule has 8 heteroatoms. The van der Waals surface area contributed by atoms with Crippen molar-refractivity contribution in [3.05, 3.63) is 45.5 Å². The number of nitrogens with one attached hydrogen (secondary N) is 1. The Morgan fingerprint density at radius 3 is 2.71 bits per heavy atom. The zero-order valence-corrected chi connectivity index (χ0v) is 14.5. The molecule has 0 saturated heterocycles. The van der Waals surface area contributed by atoms with E-state index in [1.54, 1.807) is 24.3 Å². The summed E-state index contributed by atoms with van der Waals surface area (Å²) in [6, 6.07) is 6.68. The number of halogens is 1. The van der Waals surface area contributed by atoms with E-state index >= 15 is 0 Å². The number of Topliss-reactive ketones (excluding diaryl/α,β-unsaturated/α-hetero) is 1. The summed E-state index contributed by atoms with van der Waals surface area (Å²) >= 11 is 6.92. The fourth-order valence-electron chi connectivity index (χ4n) is 1.84. The number of thiophene rings is 1. The van der Waals surface area contributed by atoms with Crippen LogP contribution in [0.5, 0.6) is 0 Å². The summed E-state index contributed by atoms with van der Waals surface area (Å²) in [6.45, 7) is 1.68. The number of ketones is 1. The van der Waals surface area contributed by atoms with Crippen LogP contribution in [-0.4, -0.2) is 23.8 Å². The number of furan rings is 1. The number of hydrogen-bond acceptors (Lipinski definition) is 6. The lowest BCUT2D eigenvalue weighted by atomic mass is 10.2. The molecule has 0 aliphatic heterocycles. The number of hydrogen-bond donors (Lipinski definition) is 1. The third kappa shape index (κ3) is 5.50. The van der Waals surface area contributed by atoms with Crippen molar-refractivity contribution in [3.8, 4) is 0 Å². The van der Waals surface area contributed by atoms with Gasteiger partial charge in [0.25, 0.3) is 5.91 Å². The number of ether oxygens (including phenoxy) is 1. The SMILES string of the molecule is C[C@@H](OC(=O)CCC(=O)c1ccc(Cl)s1)C(=O)NCc1ccco1. The van der Waals surface area contributed by atoms with Gasteiger partial charge in [0.15, 0.2) is 11.9 Å². The molecule has 0 aromatic carbocycles. The van der Waals surface area contributed by atoms with Crippen LogP contribution in [0.15, 0.2) is 34.9 Å². The van der Waals surface area contributed by atoms with Gasteiger partial charge in [0.05, 0.1) is 28.4 Å².